The molecule has 0 radical (unpaired) electrons. The fraction of sp³-hybridized carbons (Fsp3) is 0.714. The predicted molar refractivity (Wildman–Crippen MR) is 77.9 cm³/mol. The lowest BCUT2D eigenvalue weighted by Gasteiger charge is -2.19. The third kappa shape index (κ3) is 5.93. The van der Waals surface area contributed by atoms with Crippen molar-refractivity contribution in [1.29, 1.82) is 0 Å². The minimum absolute atomic E-state index is 0.151. The van der Waals surface area contributed by atoms with Gasteiger partial charge in [-0.15, -0.1) is 5.10 Å². The number of aliphatic carboxylic acids is 1. The first-order valence-corrected chi connectivity index (χ1v) is 7.35. The van der Waals surface area contributed by atoms with Crippen LogP contribution in [-0.2, 0) is 11.2 Å². The van der Waals surface area contributed by atoms with Crippen molar-refractivity contribution in [2.24, 2.45) is 11.8 Å². The fourth-order valence-corrected chi connectivity index (χ4v) is 2.13. The highest BCUT2D eigenvalue weighted by molar-refractivity contribution is 5.90. The van der Waals surface area contributed by atoms with Crippen LogP contribution in [0.25, 0.3) is 0 Å². The first-order valence-electron chi connectivity index (χ1n) is 7.35. The summed E-state index contributed by atoms with van der Waals surface area (Å²) in [4.78, 5) is 26.5. The summed E-state index contributed by atoms with van der Waals surface area (Å²) in [5.74, 6) is 0.417. The summed E-state index contributed by atoms with van der Waals surface area (Å²) < 4.78 is 0. The predicted octanol–water partition coefficient (Wildman–Crippen LogP) is 1.62. The number of nitrogens with zero attached hydrogens (tertiary/aromatic N) is 2. The van der Waals surface area contributed by atoms with Crippen molar-refractivity contribution >= 4 is 11.9 Å². The Balaban J connectivity index is 2.38. The van der Waals surface area contributed by atoms with Crippen molar-refractivity contribution in [2.45, 2.75) is 46.5 Å². The number of nitrogens with one attached hydrogen (secondary N) is 2. The number of aromatic nitrogens is 3. The number of carbonyl (C=O) groups is 2. The van der Waals surface area contributed by atoms with Crippen LogP contribution in [0.3, 0.4) is 0 Å². The monoisotopic (exact) mass is 296 g/mol. The largest absolute Gasteiger partial charge is 0.481 e. The van der Waals surface area contributed by atoms with Gasteiger partial charge in [-0.05, 0) is 24.7 Å². The summed E-state index contributed by atoms with van der Waals surface area (Å²) in [7, 11) is 0. The molecule has 0 spiro atoms. The number of carboxylic acid groups (broad SMARTS) is 1. The summed E-state index contributed by atoms with van der Waals surface area (Å²) >= 11 is 0. The molecule has 0 aliphatic heterocycles. The minimum Gasteiger partial charge on any atom is -0.481 e. The van der Waals surface area contributed by atoms with Crippen molar-refractivity contribution in [2.75, 3.05) is 6.54 Å². The van der Waals surface area contributed by atoms with Crippen LogP contribution >= 0.6 is 0 Å². The zero-order chi connectivity index (χ0) is 15.8. The topological polar surface area (TPSA) is 108 Å². The van der Waals surface area contributed by atoms with E-state index in [9.17, 15) is 9.59 Å². The van der Waals surface area contributed by atoms with Gasteiger partial charge in [-0.1, -0.05) is 20.8 Å². The minimum atomic E-state index is -0.780. The summed E-state index contributed by atoms with van der Waals surface area (Å²) in [6.45, 7) is 6.56. The van der Waals surface area contributed by atoms with Gasteiger partial charge >= 0.3 is 5.97 Å². The molecule has 118 valence electrons. The molecular weight excluding hydrogens is 272 g/mol. The van der Waals surface area contributed by atoms with Gasteiger partial charge in [0, 0.05) is 19.4 Å². The lowest BCUT2D eigenvalue weighted by atomic mass is 9.88. The fourth-order valence-electron chi connectivity index (χ4n) is 2.13. The van der Waals surface area contributed by atoms with E-state index in [0.29, 0.717) is 31.1 Å². The molecule has 0 aliphatic carbocycles. The Labute approximate surface area is 124 Å². The number of aryl methyl sites for hydroxylation is 1. The number of amides is 1. The lowest BCUT2D eigenvalue weighted by Crippen LogP contribution is -2.28. The number of rotatable bonds is 9. The van der Waals surface area contributed by atoms with Crippen molar-refractivity contribution in [1.82, 2.24) is 20.5 Å². The Bertz CT molecular complexity index is 471. The third-order valence-corrected chi connectivity index (χ3v) is 3.54. The van der Waals surface area contributed by atoms with Gasteiger partial charge in [0.15, 0.2) is 0 Å². The van der Waals surface area contributed by atoms with Gasteiger partial charge in [-0.2, -0.15) is 0 Å². The molecule has 0 fully saturated rings. The molecule has 7 heteroatoms. The molecule has 1 aromatic heterocycles. The highest BCUT2D eigenvalue weighted by Gasteiger charge is 2.16. The van der Waals surface area contributed by atoms with E-state index in [0.717, 1.165) is 6.42 Å². The van der Waals surface area contributed by atoms with Crippen LogP contribution in [0.15, 0.2) is 0 Å². The first kappa shape index (κ1) is 17.1. The highest BCUT2D eigenvalue weighted by atomic mass is 16.4. The average Bonchev–Trinajstić information content (AvgIpc) is 2.90. The number of carbonyl (C=O) groups excluding carboxylic acids is 1. The summed E-state index contributed by atoms with van der Waals surface area (Å²) in [6, 6.07) is 0. The van der Waals surface area contributed by atoms with E-state index in [4.69, 9.17) is 5.11 Å². The number of hydrogen-bond donors (Lipinski definition) is 3. The van der Waals surface area contributed by atoms with Gasteiger partial charge in [0.05, 0.1) is 0 Å². The second kappa shape index (κ2) is 8.39. The van der Waals surface area contributed by atoms with Crippen molar-refractivity contribution in [3.8, 4) is 0 Å². The Hall–Kier alpha value is -1.92. The molecule has 3 N–H and O–H groups in total. The third-order valence-electron chi connectivity index (χ3n) is 3.54. The van der Waals surface area contributed by atoms with E-state index in [-0.39, 0.29) is 24.1 Å². The van der Waals surface area contributed by atoms with Gasteiger partial charge in [0.25, 0.3) is 5.91 Å². The zero-order valence-corrected chi connectivity index (χ0v) is 12.8. The Kier molecular flexibility index (Phi) is 6.84. The van der Waals surface area contributed by atoms with E-state index < -0.39 is 5.97 Å². The molecule has 1 aromatic rings. The molecule has 7 nitrogen and oxygen atoms in total. The molecule has 0 bridgehead atoms. The van der Waals surface area contributed by atoms with Crippen molar-refractivity contribution in [3.05, 3.63) is 11.6 Å². The SMILES string of the molecule is CCc1nc(C(=O)NCCC(CCC(=O)O)C(C)C)n[nH]1. The molecule has 0 saturated carbocycles. The van der Waals surface area contributed by atoms with Crippen LogP contribution < -0.4 is 5.32 Å². The highest BCUT2D eigenvalue weighted by Crippen LogP contribution is 2.20. The van der Waals surface area contributed by atoms with Gasteiger partial charge in [0.1, 0.15) is 5.82 Å². The number of H-pyrrole nitrogens is 1. The molecular formula is C14H24N4O3. The van der Waals surface area contributed by atoms with Gasteiger partial charge in [-0.3, -0.25) is 14.7 Å². The van der Waals surface area contributed by atoms with Crippen molar-refractivity contribution < 1.29 is 14.7 Å². The van der Waals surface area contributed by atoms with E-state index >= 15 is 0 Å². The average molecular weight is 296 g/mol. The maximum absolute atomic E-state index is 11.8. The zero-order valence-electron chi connectivity index (χ0n) is 12.8. The Morgan fingerprint density at radius 1 is 1.33 bits per heavy atom. The van der Waals surface area contributed by atoms with E-state index in [1.54, 1.807) is 0 Å². The quantitative estimate of drug-likeness (QED) is 0.642. The number of aromatic amines is 1. The van der Waals surface area contributed by atoms with Crippen molar-refractivity contribution in [3.63, 3.8) is 0 Å². The molecule has 1 heterocycles. The number of hydrogen-bond acceptors (Lipinski definition) is 4. The molecule has 21 heavy (non-hydrogen) atoms. The Morgan fingerprint density at radius 3 is 2.57 bits per heavy atom. The molecule has 1 unspecified atom stereocenters. The molecule has 1 atom stereocenters. The van der Waals surface area contributed by atoms with Crippen LogP contribution in [-0.4, -0.2) is 38.7 Å². The molecule has 1 amide bonds. The first-order chi connectivity index (χ1) is 9.93. The molecule has 0 aliphatic rings. The molecule has 0 saturated heterocycles. The standard InChI is InChI=1S/C14H24N4O3/c1-4-11-16-13(18-17-11)14(21)15-8-7-10(9(2)3)5-6-12(19)20/h9-10H,4-8H2,1-3H3,(H,15,21)(H,19,20)(H,16,17,18). The maximum atomic E-state index is 11.8. The van der Waals surface area contributed by atoms with E-state index in [1.807, 2.05) is 6.92 Å². The number of carboxylic acids is 1. The second-order valence-electron chi connectivity index (χ2n) is 5.44. The van der Waals surface area contributed by atoms with Gasteiger partial charge in [0.2, 0.25) is 5.82 Å². The van der Waals surface area contributed by atoms with Crippen LogP contribution in [0.1, 0.15) is 56.5 Å². The van der Waals surface area contributed by atoms with Gasteiger partial charge < -0.3 is 10.4 Å². The smallest absolute Gasteiger partial charge is 0.303 e. The van der Waals surface area contributed by atoms with Crippen LogP contribution in [0.4, 0.5) is 0 Å². The van der Waals surface area contributed by atoms with Crippen LogP contribution in [0.2, 0.25) is 0 Å². The van der Waals surface area contributed by atoms with E-state index in [1.165, 1.54) is 0 Å². The van der Waals surface area contributed by atoms with Gasteiger partial charge in [-0.25, -0.2) is 4.98 Å². The molecule has 0 aromatic carbocycles. The van der Waals surface area contributed by atoms with Crippen LogP contribution in [0, 0.1) is 11.8 Å². The summed E-state index contributed by atoms with van der Waals surface area (Å²) in [5, 5.41) is 18.1. The van der Waals surface area contributed by atoms with E-state index in [2.05, 4.69) is 34.3 Å². The normalized spacial score (nSPS) is 12.4. The van der Waals surface area contributed by atoms with Crippen LogP contribution in [0.5, 0.6) is 0 Å². The Morgan fingerprint density at radius 2 is 2.05 bits per heavy atom. The summed E-state index contributed by atoms with van der Waals surface area (Å²) in [5.41, 5.74) is 0. The lowest BCUT2D eigenvalue weighted by molar-refractivity contribution is -0.137. The second-order valence-corrected chi connectivity index (χ2v) is 5.44. The summed E-state index contributed by atoms with van der Waals surface area (Å²) in [6.07, 6.45) is 2.24. The maximum Gasteiger partial charge on any atom is 0.303 e. The molecule has 1 rings (SSSR count).